The van der Waals surface area contributed by atoms with Crippen LogP contribution in [-0.2, 0) is 17.8 Å². The van der Waals surface area contributed by atoms with Crippen LogP contribution < -0.4 is 9.47 Å². The average Bonchev–Trinajstić information content (AvgIpc) is 3.60. The number of hydrogen-bond donors (Lipinski definition) is 0. The van der Waals surface area contributed by atoms with E-state index < -0.39 is 5.97 Å². The first-order valence-corrected chi connectivity index (χ1v) is 16.1. The topological polar surface area (TPSA) is 54.6 Å². The van der Waals surface area contributed by atoms with Crippen LogP contribution in [0.5, 0.6) is 11.5 Å². The Hall–Kier alpha value is -5.23. The molecule has 0 bridgehead atoms. The van der Waals surface area contributed by atoms with Crippen LogP contribution in [0.1, 0.15) is 36.0 Å². The Morgan fingerprint density at radius 1 is 0.522 bits per heavy atom. The van der Waals surface area contributed by atoms with Gasteiger partial charge in [0.05, 0.1) is 25.9 Å². The predicted molar refractivity (Wildman–Crippen MR) is 186 cm³/mol. The van der Waals surface area contributed by atoms with Gasteiger partial charge in [0.1, 0.15) is 11.5 Å². The van der Waals surface area contributed by atoms with Crippen molar-refractivity contribution in [2.45, 2.75) is 38.8 Å². The second-order valence-electron chi connectivity index (χ2n) is 11.7. The summed E-state index contributed by atoms with van der Waals surface area (Å²) >= 11 is 0. The van der Waals surface area contributed by atoms with E-state index in [-0.39, 0.29) is 0 Å². The number of para-hydroxylation sites is 4. The lowest BCUT2D eigenvalue weighted by molar-refractivity contribution is 0.0599. The van der Waals surface area contributed by atoms with Gasteiger partial charge in [0.2, 0.25) is 0 Å². The SMILES string of the molecule is COC(=O)c1cc(OCCCCn2c3ccccc3c3ccccc32)cc(OCCCCn2c3ccccc3c3ccccc32)c1. The fourth-order valence-corrected chi connectivity index (χ4v) is 6.59. The molecule has 5 aromatic carbocycles. The molecule has 7 aromatic rings. The molecule has 0 N–H and O–H groups in total. The lowest BCUT2D eigenvalue weighted by Crippen LogP contribution is -2.06. The van der Waals surface area contributed by atoms with Gasteiger partial charge < -0.3 is 23.3 Å². The number of carbonyl (C=O) groups is 1. The molecule has 0 unspecified atom stereocenters. The van der Waals surface area contributed by atoms with Crippen molar-refractivity contribution in [1.82, 2.24) is 9.13 Å². The summed E-state index contributed by atoms with van der Waals surface area (Å²) in [6.45, 7) is 2.89. The second-order valence-corrected chi connectivity index (χ2v) is 11.7. The number of ether oxygens (including phenoxy) is 3. The quantitative estimate of drug-likeness (QED) is 0.0964. The van der Waals surface area contributed by atoms with Crippen LogP contribution in [0.4, 0.5) is 0 Å². The molecule has 6 nitrogen and oxygen atoms in total. The highest BCUT2D eigenvalue weighted by atomic mass is 16.5. The van der Waals surface area contributed by atoms with Crippen LogP contribution in [0.3, 0.4) is 0 Å². The molecule has 0 radical (unpaired) electrons. The molecule has 0 atom stereocenters. The molecule has 0 saturated heterocycles. The number of nitrogens with zero attached hydrogens (tertiary/aromatic N) is 2. The minimum Gasteiger partial charge on any atom is -0.493 e. The molecule has 0 fully saturated rings. The van der Waals surface area contributed by atoms with Crippen LogP contribution in [0.15, 0.2) is 115 Å². The highest BCUT2D eigenvalue weighted by Gasteiger charge is 2.13. The van der Waals surface area contributed by atoms with Gasteiger partial charge in [-0.15, -0.1) is 0 Å². The standard InChI is InChI=1S/C40H38N2O4/c1-44-40(43)29-26-30(45-24-12-10-22-41-36-18-6-2-14-32(36)33-15-3-7-19-37(33)41)28-31(27-29)46-25-13-11-23-42-38-20-8-4-16-34(38)35-17-5-9-21-39(35)42/h2-9,14-21,26-28H,10-13,22-25H2,1H3. The number of aromatic nitrogens is 2. The number of hydrogen-bond acceptors (Lipinski definition) is 4. The van der Waals surface area contributed by atoms with Crippen molar-refractivity contribution in [3.63, 3.8) is 0 Å². The molecule has 2 heterocycles. The Morgan fingerprint density at radius 3 is 1.26 bits per heavy atom. The molecule has 232 valence electrons. The molecule has 7 rings (SSSR count). The third-order valence-electron chi connectivity index (χ3n) is 8.75. The highest BCUT2D eigenvalue weighted by Crippen LogP contribution is 2.31. The number of fused-ring (bicyclic) bond motifs is 6. The maximum absolute atomic E-state index is 12.4. The zero-order chi connectivity index (χ0) is 31.3. The van der Waals surface area contributed by atoms with Crippen LogP contribution in [0.25, 0.3) is 43.6 Å². The first kappa shape index (κ1) is 29.5. The number of aryl methyl sites for hydroxylation is 2. The van der Waals surface area contributed by atoms with Crippen molar-refractivity contribution >= 4 is 49.6 Å². The van der Waals surface area contributed by atoms with Gasteiger partial charge in [-0.05, 0) is 62.1 Å². The highest BCUT2D eigenvalue weighted by molar-refractivity contribution is 6.08. The van der Waals surface area contributed by atoms with Crippen molar-refractivity contribution in [3.8, 4) is 11.5 Å². The van der Waals surface area contributed by atoms with E-state index in [0.29, 0.717) is 30.3 Å². The molecule has 0 saturated carbocycles. The van der Waals surface area contributed by atoms with Gasteiger partial charge in [-0.25, -0.2) is 4.79 Å². The van der Waals surface area contributed by atoms with Gasteiger partial charge in [0, 0.05) is 62.8 Å². The fourth-order valence-electron chi connectivity index (χ4n) is 6.59. The molecule has 0 spiro atoms. The average molecular weight is 611 g/mol. The molecule has 0 aliphatic rings. The maximum atomic E-state index is 12.4. The molecule has 6 heteroatoms. The Morgan fingerprint density at radius 2 is 0.891 bits per heavy atom. The lowest BCUT2D eigenvalue weighted by atomic mass is 10.2. The van der Waals surface area contributed by atoms with E-state index in [2.05, 4.69) is 106 Å². The Labute approximate surface area is 268 Å². The van der Waals surface area contributed by atoms with Crippen molar-refractivity contribution in [3.05, 3.63) is 121 Å². The fraction of sp³-hybridized carbons (Fsp3) is 0.225. The van der Waals surface area contributed by atoms with E-state index in [1.165, 1.54) is 50.7 Å². The number of rotatable bonds is 13. The number of esters is 1. The molecule has 0 aliphatic carbocycles. The summed E-state index contributed by atoms with van der Waals surface area (Å²) in [5, 5.41) is 5.14. The van der Waals surface area contributed by atoms with Crippen molar-refractivity contribution in [2.75, 3.05) is 20.3 Å². The summed E-state index contributed by atoms with van der Waals surface area (Å²) in [4.78, 5) is 12.4. The molecule has 0 amide bonds. The number of benzene rings is 5. The van der Waals surface area contributed by atoms with Crippen LogP contribution in [-0.4, -0.2) is 35.4 Å². The minimum atomic E-state index is -0.409. The largest absolute Gasteiger partial charge is 0.493 e. The van der Waals surface area contributed by atoms with E-state index in [0.717, 1.165) is 38.8 Å². The van der Waals surface area contributed by atoms with Gasteiger partial charge >= 0.3 is 5.97 Å². The first-order valence-electron chi connectivity index (χ1n) is 16.1. The first-order chi connectivity index (χ1) is 22.7. The Balaban J connectivity index is 0.949. The zero-order valence-electron chi connectivity index (χ0n) is 26.2. The summed E-state index contributed by atoms with van der Waals surface area (Å²) in [6.07, 6.45) is 3.69. The molecule has 46 heavy (non-hydrogen) atoms. The summed E-state index contributed by atoms with van der Waals surface area (Å²) in [6, 6.07) is 39.6. The maximum Gasteiger partial charge on any atom is 0.338 e. The van der Waals surface area contributed by atoms with E-state index in [1.807, 2.05) is 6.07 Å². The second kappa shape index (κ2) is 13.4. The third kappa shape index (κ3) is 5.91. The summed E-state index contributed by atoms with van der Waals surface area (Å²) in [7, 11) is 1.39. The smallest absolute Gasteiger partial charge is 0.338 e. The Kier molecular flexibility index (Phi) is 8.59. The van der Waals surface area contributed by atoms with Gasteiger partial charge in [-0.2, -0.15) is 0 Å². The normalized spacial score (nSPS) is 11.5. The summed E-state index contributed by atoms with van der Waals surface area (Å²) < 4.78 is 22.1. The van der Waals surface area contributed by atoms with Crippen LogP contribution in [0, 0.1) is 0 Å². The van der Waals surface area contributed by atoms with Crippen LogP contribution >= 0.6 is 0 Å². The van der Waals surface area contributed by atoms with Crippen molar-refractivity contribution in [1.29, 1.82) is 0 Å². The number of unbranched alkanes of at least 4 members (excludes halogenated alkanes) is 2. The zero-order valence-corrected chi connectivity index (χ0v) is 26.2. The molecular formula is C40H38N2O4. The molecule has 0 aliphatic heterocycles. The molecular weight excluding hydrogens is 572 g/mol. The van der Waals surface area contributed by atoms with E-state index in [9.17, 15) is 4.79 Å². The van der Waals surface area contributed by atoms with Crippen molar-refractivity contribution in [2.24, 2.45) is 0 Å². The van der Waals surface area contributed by atoms with Crippen LogP contribution in [0.2, 0.25) is 0 Å². The lowest BCUT2D eigenvalue weighted by Gasteiger charge is -2.13. The summed E-state index contributed by atoms with van der Waals surface area (Å²) in [5.41, 5.74) is 5.45. The van der Waals surface area contributed by atoms with E-state index in [4.69, 9.17) is 14.2 Å². The van der Waals surface area contributed by atoms with E-state index in [1.54, 1.807) is 12.1 Å². The van der Waals surface area contributed by atoms with Gasteiger partial charge in [-0.1, -0.05) is 72.8 Å². The van der Waals surface area contributed by atoms with Crippen molar-refractivity contribution < 1.29 is 19.0 Å². The van der Waals surface area contributed by atoms with Gasteiger partial charge in [0.25, 0.3) is 0 Å². The predicted octanol–water partition coefficient (Wildman–Crippen LogP) is 9.41. The minimum absolute atomic E-state index is 0.409. The Bertz CT molecular complexity index is 1890. The monoisotopic (exact) mass is 610 g/mol. The van der Waals surface area contributed by atoms with E-state index >= 15 is 0 Å². The third-order valence-corrected chi connectivity index (χ3v) is 8.75. The van der Waals surface area contributed by atoms with Gasteiger partial charge in [-0.3, -0.25) is 0 Å². The van der Waals surface area contributed by atoms with Gasteiger partial charge in [0.15, 0.2) is 0 Å². The summed E-state index contributed by atoms with van der Waals surface area (Å²) in [5.74, 6) is 0.813. The number of methoxy groups -OCH3 is 1. The number of carbonyl (C=O) groups excluding carboxylic acids is 1. The molecule has 2 aromatic heterocycles.